The Labute approximate surface area is 155 Å². The molecule has 0 saturated heterocycles. The number of carbonyl (C=O) groups excluding carboxylic acids is 1. The second-order valence-electron chi connectivity index (χ2n) is 8.48. The SMILES string of the molecule is CCCCC[C@H]1CC[C@H](C2CCC(/C=C/C(=O)OCCC)CC2)CC1. The third-order valence-electron chi connectivity index (χ3n) is 6.54. The lowest BCUT2D eigenvalue weighted by Crippen LogP contribution is -2.25. The molecular formula is C23H40O2. The monoisotopic (exact) mass is 348 g/mol. The van der Waals surface area contributed by atoms with Gasteiger partial charge in [0.05, 0.1) is 6.61 Å². The zero-order chi connectivity index (χ0) is 17.9. The van der Waals surface area contributed by atoms with Gasteiger partial charge in [0.25, 0.3) is 0 Å². The summed E-state index contributed by atoms with van der Waals surface area (Å²) in [6.07, 6.45) is 21.5. The Morgan fingerprint density at radius 1 is 0.880 bits per heavy atom. The zero-order valence-electron chi connectivity index (χ0n) is 16.7. The molecule has 25 heavy (non-hydrogen) atoms. The fraction of sp³-hybridized carbons (Fsp3) is 0.870. The Balaban J connectivity index is 1.62. The first-order chi connectivity index (χ1) is 12.2. The number of rotatable bonds is 9. The molecule has 2 aliphatic carbocycles. The average Bonchev–Trinajstić information content (AvgIpc) is 2.66. The molecule has 0 N–H and O–H groups in total. The van der Waals surface area contributed by atoms with Crippen LogP contribution < -0.4 is 0 Å². The molecule has 2 nitrogen and oxygen atoms in total. The van der Waals surface area contributed by atoms with Gasteiger partial charge in [-0.15, -0.1) is 0 Å². The molecule has 0 spiro atoms. The molecular weight excluding hydrogens is 308 g/mol. The molecule has 2 saturated carbocycles. The van der Waals surface area contributed by atoms with Crippen molar-refractivity contribution >= 4 is 5.97 Å². The van der Waals surface area contributed by atoms with Crippen molar-refractivity contribution in [2.45, 2.75) is 97.3 Å². The van der Waals surface area contributed by atoms with Crippen LogP contribution in [0.25, 0.3) is 0 Å². The third-order valence-corrected chi connectivity index (χ3v) is 6.54. The number of hydrogen-bond acceptors (Lipinski definition) is 2. The fourth-order valence-electron chi connectivity index (χ4n) is 4.91. The van der Waals surface area contributed by atoms with Crippen LogP contribution in [0.4, 0.5) is 0 Å². The van der Waals surface area contributed by atoms with E-state index < -0.39 is 0 Å². The Morgan fingerprint density at radius 3 is 2.12 bits per heavy atom. The molecule has 0 aromatic rings. The lowest BCUT2D eigenvalue weighted by molar-refractivity contribution is -0.137. The number of unbranched alkanes of at least 4 members (excludes halogenated alkanes) is 2. The molecule has 0 atom stereocenters. The topological polar surface area (TPSA) is 26.3 Å². The number of hydrogen-bond donors (Lipinski definition) is 0. The molecule has 2 aliphatic rings. The lowest BCUT2D eigenvalue weighted by Gasteiger charge is -2.37. The highest BCUT2D eigenvalue weighted by Gasteiger charge is 2.30. The van der Waals surface area contributed by atoms with E-state index in [9.17, 15) is 4.79 Å². The number of allylic oxidation sites excluding steroid dienone is 1. The minimum absolute atomic E-state index is 0.162. The van der Waals surface area contributed by atoms with E-state index in [0.29, 0.717) is 12.5 Å². The predicted octanol–water partition coefficient (Wildman–Crippen LogP) is 6.69. The highest BCUT2D eigenvalue weighted by atomic mass is 16.5. The summed E-state index contributed by atoms with van der Waals surface area (Å²) in [4.78, 5) is 11.6. The minimum atomic E-state index is -0.162. The normalized spacial score (nSPS) is 30.5. The van der Waals surface area contributed by atoms with Crippen molar-refractivity contribution in [2.75, 3.05) is 6.61 Å². The van der Waals surface area contributed by atoms with Crippen LogP contribution in [0.15, 0.2) is 12.2 Å². The summed E-state index contributed by atoms with van der Waals surface area (Å²) in [5, 5.41) is 0. The minimum Gasteiger partial charge on any atom is -0.463 e. The van der Waals surface area contributed by atoms with E-state index in [1.807, 2.05) is 6.92 Å². The Hall–Kier alpha value is -0.790. The Bertz CT molecular complexity index is 385. The second-order valence-corrected chi connectivity index (χ2v) is 8.48. The Kier molecular flexibility index (Phi) is 9.65. The maximum Gasteiger partial charge on any atom is 0.330 e. The van der Waals surface area contributed by atoms with Gasteiger partial charge in [0, 0.05) is 6.08 Å². The van der Waals surface area contributed by atoms with Crippen LogP contribution in [-0.2, 0) is 9.53 Å². The summed E-state index contributed by atoms with van der Waals surface area (Å²) < 4.78 is 5.12. The quantitative estimate of drug-likeness (QED) is 0.263. The van der Waals surface area contributed by atoms with Gasteiger partial charge >= 0.3 is 5.97 Å². The van der Waals surface area contributed by atoms with Crippen molar-refractivity contribution in [1.82, 2.24) is 0 Å². The maximum atomic E-state index is 11.6. The molecule has 0 heterocycles. The summed E-state index contributed by atoms with van der Waals surface area (Å²) in [6, 6.07) is 0. The van der Waals surface area contributed by atoms with Crippen LogP contribution in [0, 0.1) is 23.7 Å². The van der Waals surface area contributed by atoms with Crippen LogP contribution in [0.5, 0.6) is 0 Å². The van der Waals surface area contributed by atoms with Crippen LogP contribution >= 0.6 is 0 Å². The van der Waals surface area contributed by atoms with E-state index in [2.05, 4.69) is 13.0 Å². The van der Waals surface area contributed by atoms with E-state index in [0.717, 1.165) is 24.2 Å². The van der Waals surface area contributed by atoms with Crippen LogP contribution in [0.1, 0.15) is 97.3 Å². The van der Waals surface area contributed by atoms with Crippen molar-refractivity contribution in [3.8, 4) is 0 Å². The van der Waals surface area contributed by atoms with Gasteiger partial charge in [-0.3, -0.25) is 0 Å². The van der Waals surface area contributed by atoms with Gasteiger partial charge in [-0.05, 0) is 68.6 Å². The third kappa shape index (κ3) is 7.54. The highest BCUT2D eigenvalue weighted by Crippen LogP contribution is 2.42. The summed E-state index contributed by atoms with van der Waals surface area (Å²) in [6.45, 7) is 4.87. The number of carbonyl (C=O) groups is 1. The first kappa shape index (κ1) is 20.5. The van der Waals surface area contributed by atoms with Crippen LogP contribution in [-0.4, -0.2) is 12.6 Å². The van der Waals surface area contributed by atoms with Gasteiger partial charge < -0.3 is 4.74 Å². The van der Waals surface area contributed by atoms with Crippen molar-refractivity contribution < 1.29 is 9.53 Å². The number of ether oxygens (including phenoxy) is 1. The molecule has 0 aromatic carbocycles. The molecule has 0 radical (unpaired) electrons. The van der Waals surface area contributed by atoms with Gasteiger partial charge in [-0.2, -0.15) is 0 Å². The van der Waals surface area contributed by atoms with Crippen molar-refractivity contribution in [2.24, 2.45) is 23.7 Å². The van der Waals surface area contributed by atoms with Gasteiger partial charge in [0.15, 0.2) is 0 Å². The molecule has 2 heteroatoms. The summed E-state index contributed by atoms with van der Waals surface area (Å²) in [5.74, 6) is 3.40. The average molecular weight is 349 g/mol. The largest absolute Gasteiger partial charge is 0.463 e. The van der Waals surface area contributed by atoms with E-state index in [1.54, 1.807) is 6.08 Å². The fourth-order valence-corrected chi connectivity index (χ4v) is 4.91. The molecule has 0 aliphatic heterocycles. The molecule has 0 aromatic heterocycles. The van der Waals surface area contributed by atoms with Crippen LogP contribution in [0.3, 0.4) is 0 Å². The summed E-state index contributed by atoms with van der Waals surface area (Å²) in [5.41, 5.74) is 0. The molecule has 0 amide bonds. The second kappa shape index (κ2) is 11.8. The van der Waals surface area contributed by atoms with Gasteiger partial charge in [0.2, 0.25) is 0 Å². The van der Waals surface area contributed by atoms with E-state index >= 15 is 0 Å². The maximum absolute atomic E-state index is 11.6. The highest BCUT2D eigenvalue weighted by molar-refractivity contribution is 5.81. The van der Waals surface area contributed by atoms with E-state index in [-0.39, 0.29) is 5.97 Å². The van der Waals surface area contributed by atoms with Crippen molar-refractivity contribution in [3.05, 3.63) is 12.2 Å². The van der Waals surface area contributed by atoms with E-state index in [1.165, 1.54) is 77.0 Å². The Morgan fingerprint density at radius 2 is 1.52 bits per heavy atom. The molecule has 0 unspecified atom stereocenters. The van der Waals surface area contributed by atoms with Crippen molar-refractivity contribution in [3.63, 3.8) is 0 Å². The van der Waals surface area contributed by atoms with Gasteiger partial charge in [0.1, 0.15) is 0 Å². The molecule has 2 fully saturated rings. The van der Waals surface area contributed by atoms with Gasteiger partial charge in [-0.25, -0.2) is 4.79 Å². The zero-order valence-corrected chi connectivity index (χ0v) is 16.7. The van der Waals surface area contributed by atoms with Crippen LogP contribution in [0.2, 0.25) is 0 Å². The van der Waals surface area contributed by atoms with E-state index in [4.69, 9.17) is 4.74 Å². The van der Waals surface area contributed by atoms with Crippen molar-refractivity contribution in [1.29, 1.82) is 0 Å². The molecule has 144 valence electrons. The molecule has 0 bridgehead atoms. The standard InChI is InChI=1S/C23H40O2/c1-3-5-6-7-19-8-13-21(14-9-19)22-15-10-20(11-16-22)12-17-23(24)25-18-4-2/h12,17,19-22H,3-11,13-16,18H2,1-2H3/b17-12+/t19-,20?,21-,22?. The number of esters is 1. The predicted molar refractivity (Wildman–Crippen MR) is 105 cm³/mol. The summed E-state index contributed by atoms with van der Waals surface area (Å²) in [7, 11) is 0. The van der Waals surface area contributed by atoms with Gasteiger partial charge in [-0.1, -0.05) is 58.4 Å². The summed E-state index contributed by atoms with van der Waals surface area (Å²) >= 11 is 0. The lowest BCUT2D eigenvalue weighted by atomic mass is 9.68. The smallest absolute Gasteiger partial charge is 0.330 e. The first-order valence-corrected chi connectivity index (χ1v) is 11.1. The molecule has 2 rings (SSSR count). The first-order valence-electron chi connectivity index (χ1n) is 11.1.